The number of aromatic nitrogens is 2. The summed E-state index contributed by atoms with van der Waals surface area (Å²) in [6.07, 6.45) is 1.72. The van der Waals surface area contributed by atoms with Gasteiger partial charge in [0, 0.05) is 23.4 Å². The van der Waals surface area contributed by atoms with Crippen molar-refractivity contribution in [2.24, 2.45) is 5.92 Å². The van der Waals surface area contributed by atoms with E-state index >= 15 is 0 Å². The van der Waals surface area contributed by atoms with Crippen LogP contribution in [0.3, 0.4) is 0 Å². The standard InChI is InChI=1S/C20H21N3O3S/c1-12(2)18(19(24)23-7-5-17-14(11-23)6-8-27-17)26-20(25)13-3-4-16-15(9-13)10-21-22-16/h3-4,6,8-10,12,18H,5,7,11H2,1-2H3,(H,21,22). The number of carbonyl (C=O) groups excluding carboxylic acids is 2. The van der Waals surface area contributed by atoms with E-state index in [-0.39, 0.29) is 11.8 Å². The molecule has 1 aliphatic rings. The van der Waals surface area contributed by atoms with Crippen molar-refractivity contribution in [3.05, 3.63) is 51.8 Å². The minimum Gasteiger partial charge on any atom is -0.448 e. The second-order valence-electron chi connectivity index (χ2n) is 7.12. The molecular formula is C20H21N3O3S. The van der Waals surface area contributed by atoms with Crippen molar-refractivity contribution in [3.63, 3.8) is 0 Å². The Kier molecular flexibility index (Phi) is 4.70. The van der Waals surface area contributed by atoms with Crippen molar-refractivity contribution in [2.75, 3.05) is 6.54 Å². The van der Waals surface area contributed by atoms with E-state index in [1.807, 2.05) is 13.8 Å². The van der Waals surface area contributed by atoms with Crippen molar-refractivity contribution >= 4 is 34.1 Å². The van der Waals surface area contributed by atoms with Crippen LogP contribution >= 0.6 is 11.3 Å². The molecule has 0 aliphatic carbocycles. The van der Waals surface area contributed by atoms with Crippen LogP contribution in [0.2, 0.25) is 0 Å². The third kappa shape index (κ3) is 3.47. The van der Waals surface area contributed by atoms with Gasteiger partial charge >= 0.3 is 5.97 Å². The highest BCUT2D eigenvalue weighted by Crippen LogP contribution is 2.26. The number of hydrogen-bond donors (Lipinski definition) is 1. The fourth-order valence-electron chi connectivity index (χ4n) is 3.34. The molecule has 0 fully saturated rings. The Labute approximate surface area is 161 Å². The molecule has 1 aromatic carbocycles. The summed E-state index contributed by atoms with van der Waals surface area (Å²) in [5, 5.41) is 9.70. The molecule has 0 radical (unpaired) electrons. The number of nitrogens with one attached hydrogen (secondary N) is 1. The van der Waals surface area contributed by atoms with Crippen LogP contribution in [-0.2, 0) is 22.5 Å². The summed E-state index contributed by atoms with van der Waals surface area (Å²) in [6.45, 7) is 5.04. The van der Waals surface area contributed by atoms with Gasteiger partial charge in [0.15, 0.2) is 6.10 Å². The molecule has 2 aromatic heterocycles. The molecule has 1 unspecified atom stereocenters. The molecule has 3 heterocycles. The van der Waals surface area contributed by atoms with Gasteiger partial charge in [-0.05, 0) is 47.5 Å². The maximum Gasteiger partial charge on any atom is 0.338 e. The Morgan fingerprint density at radius 3 is 2.96 bits per heavy atom. The van der Waals surface area contributed by atoms with Crippen LogP contribution in [-0.4, -0.2) is 39.6 Å². The quantitative estimate of drug-likeness (QED) is 0.701. The van der Waals surface area contributed by atoms with Gasteiger partial charge in [-0.2, -0.15) is 5.10 Å². The fraction of sp³-hybridized carbons (Fsp3) is 0.350. The second-order valence-corrected chi connectivity index (χ2v) is 8.12. The van der Waals surface area contributed by atoms with E-state index in [1.165, 1.54) is 10.4 Å². The number of aromatic amines is 1. The van der Waals surface area contributed by atoms with E-state index in [0.29, 0.717) is 18.7 Å². The maximum atomic E-state index is 13.0. The molecule has 1 aliphatic heterocycles. The van der Waals surface area contributed by atoms with Gasteiger partial charge in [-0.25, -0.2) is 4.79 Å². The van der Waals surface area contributed by atoms with Crippen LogP contribution < -0.4 is 0 Å². The number of rotatable bonds is 4. The molecule has 6 nitrogen and oxygen atoms in total. The van der Waals surface area contributed by atoms with Crippen LogP contribution in [0.4, 0.5) is 0 Å². The highest BCUT2D eigenvalue weighted by atomic mass is 32.1. The number of esters is 1. The van der Waals surface area contributed by atoms with Crippen molar-refractivity contribution in [2.45, 2.75) is 32.9 Å². The van der Waals surface area contributed by atoms with Crippen molar-refractivity contribution in [3.8, 4) is 0 Å². The number of H-pyrrole nitrogens is 1. The summed E-state index contributed by atoms with van der Waals surface area (Å²) < 4.78 is 5.65. The van der Waals surface area contributed by atoms with Crippen LogP contribution in [0.25, 0.3) is 10.9 Å². The summed E-state index contributed by atoms with van der Waals surface area (Å²) in [7, 11) is 0. The SMILES string of the molecule is CC(C)C(OC(=O)c1ccc2[nH]ncc2c1)C(=O)N1CCc2sccc2C1. The normalized spacial score (nSPS) is 15.0. The molecule has 0 bridgehead atoms. The third-order valence-corrected chi connectivity index (χ3v) is 5.90. The van der Waals surface area contributed by atoms with Gasteiger partial charge in [0.1, 0.15) is 0 Å². The smallest absolute Gasteiger partial charge is 0.338 e. The molecule has 27 heavy (non-hydrogen) atoms. The number of amides is 1. The second kappa shape index (κ2) is 7.15. The summed E-state index contributed by atoms with van der Waals surface area (Å²) in [5.74, 6) is -0.721. The summed E-state index contributed by atoms with van der Waals surface area (Å²) >= 11 is 1.73. The lowest BCUT2D eigenvalue weighted by Gasteiger charge is -2.31. The van der Waals surface area contributed by atoms with E-state index < -0.39 is 12.1 Å². The van der Waals surface area contributed by atoms with Gasteiger partial charge < -0.3 is 9.64 Å². The predicted octanol–water partition coefficient (Wildman–Crippen LogP) is 3.39. The predicted molar refractivity (Wildman–Crippen MR) is 104 cm³/mol. The van der Waals surface area contributed by atoms with Crippen LogP contribution in [0, 0.1) is 5.92 Å². The monoisotopic (exact) mass is 383 g/mol. The maximum absolute atomic E-state index is 13.0. The number of nitrogens with zero attached hydrogens (tertiary/aromatic N) is 2. The van der Waals surface area contributed by atoms with E-state index in [1.54, 1.807) is 40.6 Å². The number of carbonyl (C=O) groups is 2. The van der Waals surface area contributed by atoms with Crippen LogP contribution in [0.15, 0.2) is 35.8 Å². The van der Waals surface area contributed by atoms with Gasteiger partial charge in [-0.15, -0.1) is 11.3 Å². The molecule has 0 saturated carbocycles. The molecule has 1 atom stereocenters. The average molecular weight is 383 g/mol. The molecule has 1 amide bonds. The summed E-state index contributed by atoms with van der Waals surface area (Å²) in [6, 6.07) is 7.26. The number of fused-ring (bicyclic) bond motifs is 2. The Hall–Kier alpha value is -2.67. The Bertz CT molecular complexity index is 991. The number of ether oxygens (including phenoxy) is 1. The minimum atomic E-state index is -0.794. The zero-order chi connectivity index (χ0) is 19.0. The average Bonchev–Trinajstić information content (AvgIpc) is 3.32. The Morgan fingerprint density at radius 1 is 1.30 bits per heavy atom. The van der Waals surface area contributed by atoms with E-state index in [4.69, 9.17) is 4.74 Å². The fourth-order valence-corrected chi connectivity index (χ4v) is 4.23. The van der Waals surface area contributed by atoms with Gasteiger partial charge in [-0.3, -0.25) is 9.89 Å². The van der Waals surface area contributed by atoms with E-state index in [2.05, 4.69) is 21.6 Å². The first-order valence-electron chi connectivity index (χ1n) is 9.01. The Balaban J connectivity index is 1.50. The summed E-state index contributed by atoms with van der Waals surface area (Å²) in [4.78, 5) is 28.8. The molecule has 140 valence electrons. The van der Waals surface area contributed by atoms with Gasteiger partial charge in [0.2, 0.25) is 0 Å². The minimum absolute atomic E-state index is 0.108. The highest BCUT2D eigenvalue weighted by Gasteiger charge is 2.33. The van der Waals surface area contributed by atoms with E-state index in [0.717, 1.165) is 17.3 Å². The third-order valence-electron chi connectivity index (χ3n) is 4.88. The lowest BCUT2D eigenvalue weighted by atomic mass is 10.0. The summed E-state index contributed by atoms with van der Waals surface area (Å²) in [5.41, 5.74) is 2.46. The lowest BCUT2D eigenvalue weighted by Crippen LogP contribution is -2.45. The topological polar surface area (TPSA) is 75.3 Å². The van der Waals surface area contributed by atoms with Gasteiger partial charge in [-0.1, -0.05) is 13.8 Å². The molecule has 4 rings (SSSR count). The lowest BCUT2D eigenvalue weighted by molar-refractivity contribution is -0.144. The van der Waals surface area contributed by atoms with Crippen molar-refractivity contribution < 1.29 is 14.3 Å². The molecule has 0 spiro atoms. The number of thiophene rings is 1. The zero-order valence-electron chi connectivity index (χ0n) is 15.3. The van der Waals surface area contributed by atoms with Crippen molar-refractivity contribution in [1.82, 2.24) is 15.1 Å². The highest BCUT2D eigenvalue weighted by molar-refractivity contribution is 7.10. The molecule has 1 N–H and O–H groups in total. The molecule has 3 aromatic rings. The van der Waals surface area contributed by atoms with Gasteiger partial charge in [0.25, 0.3) is 5.91 Å². The van der Waals surface area contributed by atoms with Gasteiger partial charge in [0.05, 0.1) is 17.3 Å². The first-order valence-corrected chi connectivity index (χ1v) is 9.89. The zero-order valence-corrected chi connectivity index (χ0v) is 16.1. The first kappa shape index (κ1) is 17.7. The molecule has 0 saturated heterocycles. The van der Waals surface area contributed by atoms with E-state index in [9.17, 15) is 9.59 Å². The van der Waals surface area contributed by atoms with Crippen LogP contribution in [0.1, 0.15) is 34.6 Å². The van der Waals surface area contributed by atoms with Crippen LogP contribution in [0.5, 0.6) is 0 Å². The largest absolute Gasteiger partial charge is 0.448 e. The molecular weight excluding hydrogens is 362 g/mol. The van der Waals surface area contributed by atoms with Crippen molar-refractivity contribution in [1.29, 1.82) is 0 Å². The first-order chi connectivity index (χ1) is 13.0. The molecule has 7 heteroatoms. The number of hydrogen-bond acceptors (Lipinski definition) is 5. The number of benzene rings is 1. The Morgan fingerprint density at radius 2 is 2.15 bits per heavy atom.